The highest BCUT2D eigenvalue weighted by Gasteiger charge is 2.31. The fraction of sp³-hybridized carbons (Fsp3) is 0.350. The number of carbonyl (C=O) groups excluding carboxylic acids is 1. The van der Waals surface area contributed by atoms with Crippen molar-refractivity contribution in [3.05, 3.63) is 65.8 Å². The largest absolute Gasteiger partial charge is 0.419 e. The second-order valence-corrected chi connectivity index (χ2v) is 6.82. The van der Waals surface area contributed by atoms with E-state index in [1.165, 1.54) is 30.6 Å². The van der Waals surface area contributed by atoms with E-state index in [-0.39, 0.29) is 29.5 Å². The summed E-state index contributed by atoms with van der Waals surface area (Å²) in [4.78, 5) is 23.3. The molecule has 1 aromatic carbocycles. The Balaban J connectivity index is 1.75. The van der Waals surface area contributed by atoms with Crippen LogP contribution in [0.25, 0.3) is 5.69 Å². The van der Waals surface area contributed by atoms with Gasteiger partial charge in [0, 0.05) is 31.4 Å². The Morgan fingerprint density at radius 1 is 1.16 bits per heavy atom. The predicted molar refractivity (Wildman–Crippen MR) is 103 cm³/mol. The maximum absolute atomic E-state index is 14.5. The quantitative estimate of drug-likeness (QED) is 0.528. The van der Waals surface area contributed by atoms with Gasteiger partial charge in [0.1, 0.15) is 11.5 Å². The van der Waals surface area contributed by atoms with Gasteiger partial charge in [0.05, 0.1) is 23.5 Å². The number of benzene rings is 1. The molecule has 2 aromatic heterocycles. The van der Waals surface area contributed by atoms with E-state index in [4.69, 9.17) is 0 Å². The van der Waals surface area contributed by atoms with Crippen molar-refractivity contribution in [2.45, 2.75) is 38.9 Å². The molecule has 0 aliphatic heterocycles. The molecule has 0 aliphatic carbocycles. The van der Waals surface area contributed by atoms with Crippen molar-refractivity contribution in [3.63, 3.8) is 0 Å². The highest BCUT2D eigenvalue weighted by atomic mass is 19.4. The molecule has 3 rings (SSSR count). The predicted octanol–water partition coefficient (Wildman–Crippen LogP) is 3.70. The van der Waals surface area contributed by atoms with E-state index in [1.807, 2.05) is 0 Å². The average Bonchev–Trinajstić information content (AvgIpc) is 3.26. The van der Waals surface area contributed by atoms with E-state index in [9.17, 15) is 22.4 Å². The molecule has 11 heteroatoms. The smallest absolute Gasteiger partial charge is 0.336 e. The molecule has 0 N–H and O–H groups in total. The highest BCUT2D eigenvalue weighted by molar-refractivity contribution is 5.98. The van der Waals surface area contributed by atoms with E-state index < -0.39 is 23.5 Å². The van der Waals surface area contributed by atoms with Crippen LogP contribution in [0.4, 0.5) is 17.6 Å². The first-order valence-electron chi connectivity index (χ1n) is 9.56. The van der Waals surface area contributed by atoms with Gasteiger partial charge >= 0.3 is 6.18 Å². The molecule has 164 valence electrons. The standard InChI is InChI=1S/C20H20F4N6O/c1-3-29(13(2)7-8-17-25-11-14(12-26-17)20(22,23)24)19(31)15-5-4-6-16(21)18(15)30-27-9-10-28-30/h4-6,9-13H,3,7-8H2,1-2H3/t13-/m0/s1. The Morgan fingerprint density at radius 2 is 1.81 bits per heavy atom. The van der Waals surface area contributed by atoms with E-state index in [2.05, 4.69) is 20.2 Å². The molecule has 0 saturated carbocycles. The van der Waals surface area contributed by atoms with Crippen molar-refractivity contribution in [2.75, 3.05) is 6.54 Å². The molecule has 2 heterocycles. The maximum Gasteiger partial charge on any atom is 0.419 e. The van der Waals surface area contributed by atoms with E-state index in [0.717, 1.165) is 17.2 Å². The molecule has 1 amide bonds. The monoisotopic (exact) mass is 436 g/mol. The number of hydrogen-bond donors (Lipinski definition) is 0. The third kappa shape index (κ3) is 5.04. The van der Waals surface area contributed by atoms with E-state index >= 15 is 0 Å². The number of aryl methyl sites for hydroxylation is 1. The van der Waals surface area contributed by atoms with Gasteiger partial charge in [0.15, 0.2) is 5.82 Å². The SMILES string of the molecule is CCN(C(=O)c1cccc(F)c1-n1nccn1)[C@@H](C)CCc1ncc(C(F)(F)F)cn1. The summed E-state index contributed by atoms with van der Waals surface area (Å²) in [6, 6.07) is 3.85. The fourth-order valence-electron chi connectivity index (χ4n) is 3.16. The number of para-hydroxylation sites is 1. The molecule has 7 nitrogen and oxygen atoms in total. The Morgan fingerprint density at radius 3 is 2.39 bits per heavy atom. The molecule has 0 radical (unpaired) electrons. The average molecular weight is 436 g/mol. The molecule has 1 atom stereocenters. The second kappa shape index (κ2) is 9.19. The molecule has 0 spiro atoms. The van der Waals surface area contributed by atoms with Gasteiger partial charge in [0.2, 0.25) is 0 Å². The van der Waals surface area contributed by atoms with Crippen molar-refractivity contribution in [1.29, 1.82) is 0 Å². The number of nitrogens with zero attached hydrogens (tertiary/aromatic N) is 6. The molecule has 0 fully saturated rings. The zero-order valence-corrected chi connectivity index (χ0v) is 16.8. The van der Waals surface area contributed by atoms with Crippen LogP contribution in [0.3, 0.4) is 0 Å². The lowest BCUT2D eigenvalue weighted by Crippen LogP contribution is -2.39. The van der Waals surface area contributed by atoms with Crippen LogP contribution in [0.1, 0.15) is 42.0 Å². The van der Waals surface area contributed by atoms with Crippen LogP contribution in [0.15, 0.2) is 43.0 Å². The molecule has 3 aromatic rings. The van der Waals surface area contributed by atoms with Crippen LogP contribution in [0.2, 0.25) is 0 Å². The number of carbonyl (C=O) groups is 1. The summed E-state index contributed by atoms with van der Waals surface area (Å²) in [7, 11) is 0. The van der Waals surface area contributed by atoms with Crippen LogP contribution in [-0.4, -0.2) is 48.4 Å². The molecule has 0 bridgehead atoms. The van der Waals surface area contributed by atoms with E-state index in [1.54, 1.807) is 18.7 Å². The van der Waals surface area contributed by atoms with Crippen LogP contribution in [0, 0.1) is 5.82 Å². The number of hydrogen-bond acceptors (Lipinski definition) is 5. The summed E-state index contributed by atoms with van der Waals surface area (Å²) in [6.07, 6.45) is 0.437. The van der Waals surface area contributed by atoms with Crippen LogP contribution < -0.4 is 0 Å². The Bertz CT molecular complexity index is 1020. The summed E-state index contributed by atoms with van der Waals surface area (Å²) in [5.41, 5.74) is -0.856. The Kier molecular flexibility index (Phi) is 6.62. The first-order chi connectivity index (χ1) is 14.7. The molecule has 0 saturated heterocycles. The van der Waals surface area contributed by atoms with Crippen molar-refractivity contribution < 1.29 is 22.4 Å². The number of aromatic nitrogens is 5. The molecular weight excluding hydrogens is 416 g/mol. The topological polar surface area (TPSA) is 76.8 Å². The van der Waals surface area contributed by atoms with Gasteiger partial charge in [-0.25, -0.2) is 14.4 Å². The minimum absolute atomic E-state index is 0.0470. The van der Waals surface area contributed by atoms with Crippen molar-refractivity contribution >= 4 is 5.91 Å². The number of amides is 1. The number of alkyl halides is 3. The molecular formula is C20H20F4N6O. The minimum Gasteiger partial charge on any atom is -0.336 e. The molecule has 0 unspecified atom stereocenters. The van der Waals surface area contributed by atoms with Crippen molar-refractivity contribution in [2.24, 2.45) is 0 Å². The zero-order valence-electron chi connectivity index (χ0n) is 16.8. The third-order valence-electron chi connectivity index (χ3n) is 4.79. The number of rotatable bonds is 7. The normalized spacial score (nSPS) is 12.6. The summed E-state index contributed by atoms with van der Waals surface area (Å²) in [5.74, 6) is -0.797. The molecule has 0 aliphatic rings. The lowest BCUT2D eigenvalue weighted by atomic mass is 10.1. The van der Waals surface area contributed by atoms with Gasteiger partial charge in [0.25, 0.3) is 5.91 Å². The number of halogens is 4. The van der Waals surface area contributed by atoms with Crippen molar-refractivity contribution in [1.82, 2.24) is 29.9 Å². The van der Waals surface area contributed by atoms with Gasteiger partial charge in [-0.15, -0.1) is 4.80 Å². The third-order valence-corrected chi connectivity index (χ3v) is 4.79. The zero-order chi connectivity index (χ0) is 22.6. The van der Waals surface area contributed by atoms with Gasteiger partial charge < -0.3 is 4.90 Å². The molecule has 31 heavy (non-hydrogen) atoms. The van der Waals surface area contributed by atoms with Crippen molar-refractivity contribution in [3.8, 4) is 5.69 Å². The summed E-state index contributed by atoms with van der Waals surface area (Å²) in [5, 5.41) is 7.84. The van der Waals surface area contributed by atoms with Gasteiger partial charge in [-0.2, -0.15) is 23.4 Å². The summed E-state index contributed by atoms with van der Waals surface area (Å²) >= 11 is 0. The Labute approximate surface area is 175 Å². The first-order valence-corrected chi connectivity index (χ1v) is 9.56. The van der Waals surface area contributed by atoms with Crippen LogP contribution in [0.5, 0.6) is 0 Å². The first kappa shape index (κ1) is 22.3. The Hall–Kier alpha value is -3.37. The minimum atomic E-state index is -4.50. The fourth-order valence-corrected chi connectivity index (χ4v) is 3.16. The highest BCUT2D eigenvalue weighted by Crippen LogP contribution is 2.28. The van der Waals surface area contributed by atoms with Gasteiger partial charge in [-0.1, -0.05) is 6.07 Å². The summed E-state index contributed by atoms with van der Waals surface area (Å²) < 4.78 is 52.4. The van der Waals surface area contributed by atoms with Gasteiger partial charge in [-0.05, 0) is 32.4 Å². The summed E-state index contributed by atoms with van der Waals surface area (Å²) in [6.45, 7) is 3.93. The van der Waals surface area contributed by atoms with Crippen LogP contribution in [-0.2, 0) is 12.6 Å². The van der Waals surface area contributed by atoms with E-state index in [0.29, 0.717) is 13.0 Å². The lowest BCUT2D eigenvalue weighted by Gasteiger charge is -2.28. The van der Waals surface area contributed by atoms with Crippen LogP contribution >= 0.6 is 0 Å². The maximum atomic E-state index is 14.5. The lowest BCUT2D eigenvalue weighted by molar-refractivity contribution is -0.138. The second-order valence-electron chi connectivity index (χ2n) is 6.82. The van der Waals surface area contributed by atoms with Gasteiger partial charge in [-0.3, -0.25) is 4.79 Å².